The molecule has 3 aromatic rings. The van der Waals surface area contributed by atoms with Crippen molar-refractivity contribution in [3.8, 4) is 5.75 Å². The number of aromatic hydroxyl groups is 1. The third-order valence-corrected chi connectivity index (χ3v) is 2.28. The molecule has 0 aliphatic heterocycles. The molecule has 3 heteroatoms. The van der Waals surface area contributed by atoms with E-state index in [0.717, 1.165) is 5.39 Å². The lowest BCUT2D eigenvalue weighted by molar-refractivity contribution is 0.475. The van der Waals surface area contributed by atoms with E-state index in [1.807, 2.05) is 24.3 Å². The van der Waals surface area contributed by atoms with Gasteiger partial charge in [0.2, 0.25) is 0 Å². The molecule has 1 aromatic heterocycles. The van der Waals surface area contributed by atoms with Crippen molar-refractivity contribution < 1.29 is 9.52 Å². The second-order valence-electron chi connectivity index (χ2n) is 3.63. The van der Waals surface area contributed by atoms with Crippen molar-refractivity contribution in [3.63, 3.8) is 0 Å². The Morgan fingerprint density at radius 1 is 0.778 bits per heavy atom. The Morgan fingerprint density at radius 2 is 1.44 bits per heavy atom. The summed E-state index contributed by atoms with van der Waals surface area (Å²) in [6, 6.07) is 19.3. The van der Waals surface area contributed by atoms with Crippen molar-refractivity contribution in [2.24, 2.45) is 0 Å². The summed E-state index contributed by atoms with van der Waals surface area (Å²) in [5, 5.41) is 9.58. The van der Waals surface area contributed by atoms with Crippen LogP contribution in [0.15, 0.2) is 75.9 Å². The number of benzene rings is 2. The van der Waals surface area contributed by atoms with Crippen LogP contribution in [0.3, 0.4) is 0 Å². The van der Waals surface area contributed by atoms with Crippen molar-refractivity contribution in [1.82, 2.24) is 0 Å². The second-order valence-corrected chi connectivity index (χ2v) is 3.63. The number of rotatable bonds is 0. The van der Waals surface area contributed by atoms with Gasteiger partial charge in [0, 0.05) is 11.5 Å². The number of hydrogen-bond donors (Lipinski definition) is 1. The molecule has 0 radical (unpaired) electrons. The fourth-order valence-corrected chi connectivity index (χ4v) is 1.44. The first-order valence-electron chi connectivity index (χ1n) is 5.48. The highest BCUT2D eigenvalue weighted by molar-refractivity contribution is 5.75. The molecule has 18 heavy (non-hydrogen) atoms. The highest BCUT2D eigenvalue weighted by Gasteiger charge is 1.92. The van der Waals surface area contributed by atoms with Crippen LogP contribution < -0.4 is 5.63 Å². The van der Waals surface area contributed by atoms with Gasteiger partial charge in [-0.2, -0.15) is 0 Å². The maximum atomic E-state index is 10.7. The molecule has 3 nitrogen and oxygen atoms in total. The van der Waals surface area contributed by atoms with Crippen LogP contribution in [0, 0.1) is 0 Å². The molecule has 1 heterocycles. The van der Waals surface area contributed by atoms with Crippen LogP contribution in [-0.2, 0) is 0 Å². The Bertz CT molecular complexity index is 672. The minimum Gasteiger partial charge on any atom is -0.508 e. The molecule has 0 saturated heterocycles. The van der Waals surface area contributed by atoms with Crippen molar-refractivity contribution in [2.75, 3.05) is 0 Å². The van der Waals surface area contributed by atoms with Gasteiger partial charge < -0.3 is 9.52 Å². The maximum Gasteiger partial charge on any atom is 0.336 e. The molecule has 0 aliphatic rings. The zero-order valence-electron chi connectivity index (χ0n) is 9.61. The predicted molar refractivity (Wildman–Crippen MR) is 70.6 cm³/mol. The first-order chi connectivity index (χ1) is 8.75. The van der Waals surface area contributed by atoms with Gasteiger partial charge in [0.1, 0.15) is 11.3 Å². The first kappa shape index (κ1) is 11.9. The largest absolute Gasteiger partial charge is 0.508 e. The van der Waals surface area contributed by atoms with Gasteiger partial charge in [-0.3, -0.25) is 0 Å². The number of fused-ring (bicyclic) bond motifs is 1. The van der Waals surface area contributed by atoms with Crippen LogP contribution in [0.4, 0.5) is 0 Å². The van der Waals surface area contributed by atoms with E-state index in [1.165, 1.54) is 6.07 Å². The molecule has 0 atom stereocenters. The SMILES string of the molecule is O=c1ccc2ccccc2o1.Oc1ccccc1. The Balaban J connectivity index is 0.000000149. The Labute approximate surface area is 104 Å². The average molecular weight is 240 g/mol. The lowest BCUT2D eigenvalue weighted by atomic mass is 10.2. The standard InChI is InChI=1S/C9H6O2.C6H6O/c10-9-6-5-7-3-1-2-4-8(7)11-9;7-6-4-2-1-3-5-6/h1-6H;1-5,7H. The van der Waals surface area contributed by atoms with Crippen LogP contribution >= 0.6 is 0 Å². The summed E-state index contributed by atoms with van der Waals surface area (Å²) in [4.78, 5) is 10.7. The van der Waals surface area contributed by atoms with Crippen LogP contribution in [-0.4, -0.2) is 5.11 Å². The Kier molecular flexibility index (Phi) is 3.76. The molecule has 0 aliphatic carbocycles. The van der Waals surface area contributed by atoms with Gasteiger partial charge in [-0.1, -0.05) is 36.4 Å². The molecule has 2 aromatic carbocycles. The van der Waals surface area contributed by atoms with Gasteiger partial charge in [-0.05, 0) is 24.3 Å². The normalized spacial score (nSPS) is 9.56. The van der Waals surface area contributed by atoms with Crippen molar-refractivity contribution in [3.05, 3.63) is 77.2 Å². The Hall–Kier alpha value is -2.55. The summed E-state index contributed by atoms with van der Waals surface area (Å²) in [6.07, 6.45) is 0. The number of para-hydroxylation sites is 2. The Morgan fingerprint density at radius 3 is 2.11 bits per heavy atom. The molecule has 0 unspecified atom stereocenters. The van der Waals surface area contributed by atoms with E-state index in [9.17, 15) is 4.79 Å². The van der Waals surface area contributed by atoms with Crippen molar-refractivity contribution >= 4 is 11.0 Å². The predicted octanol–water partition coefficient (Wildman–Crippen LogP) is 3.19. The fourth-order valence-electron chi connectivity index (χ4n) is 1.44. The molecule has 1 N–H and O–H groups in total. The zero-order chi connectivity index (χ0) is 12.8. The van der Waals surface area contributed by atoms with Gasteiger partial charge in [-0.15, -0.1) is 0 Å². The smallest absolute Gasteiger partial charge is 0.336 e. The van der Waals surface area contributed by atoms with E-state index < -0.39 is 0 Å². The van der Waals surface area contributed by atoms with Gasteiger partial charge >= 0.3 is 5.63 Å². The molecule has 0 bridgehead atoms. The molecular weight excluding hydrogens is 228 g/mol. The van der Waals surface area contributed by atoms with Crippen molar-refractivity contribution in [1.29, 1.82) is 0 Å². The van der Waals surface area contributed by atoms with E-state index >= 15 is 0 Å². The monoisotopic (exact) mass is 240 g/mol. The minimum absolute atomic E-state index is 0.302. The van der Waals surface area contributed by atoms with Gasteiger partial charge in [0.25, 0.3) is 0 Å². The lowest BCUT2D eigenvalue weighted by Gasteiger charge is -1.91. The van der Waals surface area contributed by atoms with Gasteiger partial charge in [0.05, 0.1) is 0 Å². The minimum atomic E-state index is -0.302. The van der Waals surface area contributed by atoms with Crippen LogP contribution in [0.5, 0.6) is 5.75 Å². The van der Waals surface area contributed by atoms with E-state index in [0.29, 0.717) is 11.3 Å². The molecule has 90 valence electrons. The fraction of sp³-hybridized carbons (Fsp3) is 0. The summed E-state index contributed by atoms with van der Waals surface area (Å²) < 4.78 is 4.91. The summed E-state index contributed by atoms with van der Waals surface area (Å²) >= 11 is 0. The van der Waals surface area contributed by atoms with Gasteiger partial charge in [-0.25, -0.2) is 4.79 Å². The lowest BCUT2D eigenvalue weighted by Crippen LogP contribution is -1.93. The maximum absolute atomic E-state index is 10.7. The second kappa shape index (κ2) is 5.68. The first-order valence-corrected chi connectivity index (χ1v) is 5.48. The van der Waals surface area contributed by atoms with E-state index in [2.05, 4.69) is 0 Å². The quantitative estimate of drug-likeness (QED) is 0.614. The van der Waals surface area contributed by atoms with E-state index in [4.69, 9.17) is 9.52 Å². The summed E-state index contributed by atoms with van der Waals surface area (Å²) in [7, 11) is 0. The molecule has 0 saturated carbocycles. The third-order valence-electron chi connectivity index (χ3n) is 2.28. The number of phenolic OH excluding ortho intramolecular Hbond substituents is 1. The number of hydrogen-bond acceptors (Lipinski definition) is 3. The molecule has 3 rings (SSSR count). The molecule has 0 amide bonds. The number of phenols is 1. The summed E-state index contributed by atoms with van der Waals surface area (Å²) in [6.45, 7) is 0. The highest BCUT2D eigenvalue weighted by atomic mass is 16.4. The topological polar surface area (TPSA) is 50.4 Å². The molecule has 0 spiro atoms. The average Bonchev–Trinajstić information content (AvgIpc) is 2.40. The van der Waals surface area contributed by atoms with Crippen LogP contribution in [0.2, 0.25) is 0 Å². The summed E-state index contributed by atoms with van der Waals surface area (Å²) in [5.74, 6) is 0.322. The van der Waals surface area contributed by atoms with Crippen molar-refractivity contribution in [2.45, 2.75) is 0 Å². The zero-order valence-corrected chi connectivity index (χ0v) is 9.61. The van der Waals surface area contributed by atoms with E-state index in [1.54, 1.807) is 36.4 Å². The van der Waals surface area contributed by atoms with Gasteiger partial charge in [0.15, 0.2) is 0 Å². The van der Waals surface area contributed by atoms with E-state index in [-0.39, 0.29) is 5.63 Å². The highest BCUT2D eigenvalue weighted by Crippen LogP contribution is 2.08. The third kappa shape index (κ3) is 3.22. The molecular formula is C15H12O3. The summed E-state index contributed by atoms with van der Waals surface area (Å²) in [5.41, 5.74) is 0.337. The molecule has 0 fully saturated rings. The van der Waals surface area contributed by atoms with Crippen LogP contribution in [0.25, 0.3) is 11.0 Å². The van der Waals surface area contributed by atoms with Crippen LogP contribution in [0.1, 0.15) is 0 Å².